The number of ether oxygens (including phenoxy) is 2. The summed E-state index contributed by atoms with van der Waals surface area (Å²) >= 11 is 0. The molecule has 0 bridgehead atoms. The first-order valence-electron chi connectivity index (χ1n) is 6.71. The average molecular weight is 276 g/mol. The third kappa shape index (κ3) is 3.10. The Labute approximate surface area is 119 Å². The van der Waals surface area contributed by atoms with Crippen molar-refractivity contribution >= 4 is 17.5 Å². The van der Waals surface area contributed by atoms with Crippen molar-refractivity contribution in [3.05, 3.63) is 24.3 Å². The molecule has 0 amide bonds. The van der Waals surface area contributed by atoms with Crippen LogP contribution in [0.25, 0.3) is 0 Å². The van der Waals surface area contributed by atoms with Crippen molar-refractivity contribution in [2.75, 3.05) is 18.6 Å². The van der Waals surface area contributed by atoms with Gasteiger partial charge in [-0.1, -0.05) is 0 Å². The number of amidine groups is 1. The molecule has 1 aliphatic heterocycles. The summed E-state index contributed by atoms with van der Waals surface area (Å²) in [5, 5.41) is 0. The molecular formula is C15H20N2O3. The topological polar surface area (TPSA) is 51.1 Å². The van der Waals surface area contributed by atoms with Gasteiger partial charge in [-0.05, 0) is 45.0 Å². The van der Waals surface area contributed by atoms with Gasteiger partial charge in [-0.2, -0.15) is 0 Å². The van der Waals surface area contributed by atoms with Crippen LogP contribution in [0, 0.1) is 0 Å². The first kappa shape index (κ1) is 14.4. The number of hydrogen-bond acceptors (Lipinski definition) is 5. The quantitative estimate of drug-likeness (QED) is 0.791. The summed E-state index contributed by atoms with van der Waals surface area (Å²) in [4.78, 5) is 18.4. The number of aliphatic imine (C=N–C) groups is 1. The second-order valence-electron chi connectivity index (χ2n) is 5.06. The molecule has 5 heteroatoms. The lowest BCUT2D eigenvalue weighted by Gasteiger charge is -2.20. The molecule has 2 rings (SSSR count). The van der Waals surface area contributed by atoms with Crippen LogP contribution < -0.4 is 9.64 Å². The Hall–Kier alpha value is -2.04. The molecule has 0 aliphatic carbocycles. The lowest BCUT2D eigenvalue weighted by molar-refractivity contribution is -0.139. The van der Waals surface area contributed by atoms with Gasteiger partial charge in [0.15, 0.2) is 0 Å². The summed E-state index contributed by atoms with van der Waals surface area (Å²) in [5.74, 6) is 0.778. The summed E-state index contributed by atoms with van der Waals surface area (Å²) in [6.07, 6.45) is -0.154. The zero-order chi connectivity index (χ0) is 14.7. The molecule has 0 unspecified atom stereocenters. The van der Waals surface area contributed by atoms with Gasteiger partial charge in [0.25, 0.3) is 0 Å². The van der Waals surface area contributed by atoms with E-state index in [0.717, 1.165) is 11.4 Å². The minimum Gasteiger partial charge on any atom is -0.497 e. The Morgan fingerprint density at radius 3 is 2.55 bits per heavy atom. The Bertz CT molecular complexity index is 508. The highest BCUT2D eigenvalue weighted by molar-refractivity contribution is 6.41. The third-order valence-corrected chi connectivity index (χ3v) is 2.95. The first-order valence-corrected chi connectivity index (χ1v) is 6.71. The van der Waals surface area contributed by atoms with E-state index in [4.69, 9.17) is 9.47 Å². The monoisotopic (exact) mass is 276 g/mol. The van der Waals surface area contributed by atoms with Gasteiger partial charge in [-0.25, -0.2) is 4.79 Å². The molecular weight excluding hydrogens is 256 g/mol. The molecule has 0 aromatic heterocycles. The highest BCUT2D eigenvalue weighted by Crippen LogP contribution is 2.23. The van der Waals surface area contributed by atoms with E-state index in [0.29, 0.717) is 12.4 Å². The smallest absolute Gasteiger partial charge is 0.374 e. The van der Waals surface area contributed by atoms with E-state index in [1.165, 1.54) is 0 Å². The predicted octanol–water partition coefficient (Wildman–Crippen LogP) is 2.25. The molecule has 0 saturated carbocycles. The molecule has 0 N–H and O–H groups in total. The minimum atomic E-state index is -0.375. The molecule has 1 aromatic carbocycles. The Morgan fingerprint density at radius 1 is 1.35 bits per heavy atom. The average Bonchev–Trinajstić information content (AvgIpc) is 2.80. The fraction of sp³-hybridized carbons (Fsp3) is 0.467. The van der Waals surface area contributed by atoms with Crippen molar-refractivity contribution in [2.45, 2.75) is 32.9 Å². The second-order valence-corrected chi connectivity index (χ2v) is 5.06. The first-order chi connectivity index (χ1) is 9.51. The van der Waals surface area contributed by atoms with Gasteiger partial charge in [-0.15, -0.1) is 0 Å². The van der Waals surface area contributed by atoms with Gasteiger partial charge in [0.1, 0.15) is 5.75 Å². The van der Waals surface area contributed by atoms with Crippen molar-refractivity contribution < 1.29 is 14.3 Å². The van der Waals surface area contributed by atoms with Crippen molar-refractivity contribution in [2.24, 2.45) is 4.99 Å². The zero-order valence-electron chi connectivity index (χ0n) is 12.3. The van der Waals surface area contributed by atoms with E-state index in [2.05, 4.69) is 4.99 Å². The maximum Gasteiger partial charge on any atom is 0.374 e. The van der Waals surface area contributed by atoms with Crippen LogP contribution in [0.1, 0.15) is 20.8 Å². The van der Waals surface area contributed by atoms with Crippen molar-refractivity contribution in [3.8, 4) is 5.75 Å². The molecule has 0 fully saturated rings. The number of methoxy groups -OCH3 is 1. The van der Waals surface area contributed by atoms with Crippen LogP contribution in [-0.4, -0.2) is 37.6 Å². The molecule has 1 atom stereocenters. The highest BCUT2D eigenvalue weighted by atomic mass is 16.5. The Kier molecular flexibility index (Phi) is 4.27. The van der Waals surface area contributed by atoms with Gasteiger partial charge in [0.05, 0.1) is 19.3 Å². The van der Waals surface area contributed by atoms with Crippen molar-refractivity contribution in [1.82, 2.24) is 0 Å². The van der Waals surface area contributed by atoms with Crippen LogP contribution in [0.15, 0.2) is 29.3 Å². The molecule has 1 aromatic rings. The number of hydrogen-bond donors (Lipinski definition) is 0. The SMILES string of the molecule is COc1ccc(N2C[C@H](C)N=C2C(=O)OC(C)C)cc1. The normalized spacial score (nSPS) is 18.1. The fourth-order valence-electron chi connectivity index (χ4n) is 2.09. The molecule has 108 valence electrons. The van der Waals surface area contributed by atoms with Gasteiger partial charge in [-0.3, -0.25) is 4.99 Å². The van der Waals surface area contributed by atoms with E-state index >= 15 is 0 Å². The highest BCUT2D eigenvalue weighted by Gasteiger charge is 2.30. The zero-order valence-corrected chi connectivity index (χ0v) is 12.3. The van der Waals surface area contributed by atoms with Crippen LogP contribution in [0.5, 0.6) is 5.75 Å². The lowest BCUT2D eigenvalue weighted by atomic mass is 10.2. The number of anilines is 1. The third-order valence-electron chi connectivity index (χ3n) is 2.95. The fourth-order valence-corrected chi connectivity index (χ4v) is 2.09. The molecule has 20 heavy (non-hydrogen) atoms. The summed E-state index contributed by atoms with van der Waals surface area (Å²) in [6.45, 7) is 6.31. The molecule has 0 saturated heterocycles. The minimum absolute atomic E-state index is 0.0758. The maximum atomic E-state index is 12.1. The number of rotatable bonds is 4. The van der Waals surface area contributed by atoms with E-state index in [-0.39, 0.29) is 18.1 Å². The number of carbonyl (C=O) groups is 1. The summed E-state index contributed by atoms with van der Waals surface area (Å²) < 4.78 is 10.4. The maximum absolute atomic E-state index is 12.1. The summed E-state index contributed by atoms with van der Waals surface area (Å²) in [7, 11) is 1.62. The second kappa shape index (κ2) is 5.94. The standard InChI is InChI=1S/C15H20N2O3/c1-10(2)20-15(18)14-16-11(3)9-17(14)12-5-7-13(19-4)8-6-12/h5-8,10-11H,9H2,1-4H3/t11-/m0/s1. The Balaban J connectivity index is 2.21. The molecule has 5 nitrogen and oxygen atoms in total. The van der Waals surface area contributed by atoms with E-state index in [1.54, 1.807) is 7.11 Å². The molecule has 1 heterocycles. The van der Waals surface area contributed by atoms with E-state index in [9.17, 15) is 4.79 Å². The van der Waals surface area contributed by atoms with Crippen LogP contribution in [-0.2, 0) is 9.53 Å². The number of nitrogens with zero attached hydrogens (tertiary/aromatic N) is 2. The van der Waals surface area contributed by atoms with Gasteiger partial charge >= 0.3 is 5.97 Å². The predicted molar refractivity (Wildman–Crippen MR) is 78.5 cm³/mol. The van der Waals surface area contributed by atoms with Crippen LogP contribution in [0.2, 0.25) is 0 Å². The number of carbonyl (C=O) groups excluding carboxylic acids is 1. The van der Waals surface area contributed by atoms with Crippen LogP contribution >= 0.6 is 0 Å². The Morgan fingerprint density at radius 2 is 2.00 bits per heavy atom. The number of esters is 1. The van der Waals surface area contributed by atoms with E-state index in [1.807, 2.05) is 49.9 Å². The van der Waals surface area contributed by atoms with Gasteiger partial charge in [0.2, 0.25) is 5.84 Å². The van der Waals surface area contributed by atoms with Crippen LogP contribution in [0.3, 0.4) is 0 Å². The summed E-state index contributed by atoms with van der Waals surface area (Å²) in [6, 6.07) is 7.63. The van der Waals surface area contributed by atoms with Gasteiger partial charge < -0.3 is 14.4 Å². The van der Waals surface area contributed by atoms with Gasteiger partial charge in [0, 0.05) is 12.2 Å². The molecule has 0 spiro atoms. The van der Waals surface area contributed by atoms with Crippen LogP contribution in [0.4, 0.5) is 5.69 Å². The largest absolute Gasteiger partial charge is 0.497 e. The molecule has 0 radical (unpaired) electrons. The van der Waals surface area contributed by atoms with Crippen molar-refractivity contribution in [1.29, 1.82) is 0 Å². The lowest BCUT2D eigenvalue weighted by Crippen LogP contribution is -2.36. The van der Waals surface area contributed by atoms with Crippen molar-refractivity contribution in [3.63, 3.8) is 0 Å². The van der Waals surface area contributed by atoms with E-state index < -0.39 is 0 Å². The summed E-state index contributed by atoms with van der Waals surface area (Å²) in [5.41, 5.74) is 0.912. The molecule has 1 aliphatic rings. The number of benzene rings is 1.